The second kappa shape index (κ2) is 6.44. The van der Waals surface area contributed by atoms with Gasteiger partial charge in [-0.15, -0.1) is 0 Å². The number of carbonyl (C=O) groups excluding carboxylic acids is 1. The number of hydrogen-bond donors (Lipinski definition) is 0. The first kappa shape index (κ1) is 16.6. The number of anilines is 1. The van der Waals surface area contributed by atoms with Gasteiger partial charge in [0.25, 0.3) is 11.9 Å². The molecular formula is C18H20FN5O2. The summed E-state index contributed by atoms with van der Waals surface area (Å²) in [5.74, 6) is -0.400. The number of fused-ring (bicyclic) bond motifs is 1. The van der Waals surface area contributed by atoms with Crippen LogP contribution in [0.3, 0.4) is 0 Å². The highest BCUT2D eigenvalue weighted by Crippen LogP contribution is 2.26. The van der Waals surface area contributed by atoms with Crippen LogP contribution in [-0.4, -0.2) is 51.8 Å². The summed E-state index contributed by atoms with van der Waals surface area (Å²) in [5.41, 5.74) is 1.63. The maximum atomic E-state index is 13.4. The van der Waals surface area contributed by atoms with Crippen molar-refractivity contribution in [2.24, 2.45) is 7.05 Å². The maximum Gasteiger partial charge on any atom is 0.298 e. The van der Waals surface area contributed by atoms with Crippen LogP contribution in [-0.2, 0) is 7.05 Å². The zero-order chi connectivity index (χ0) is 18.3. The fraction of sp³-hybridized carbons (Fsp3) is 0.389. The van der Waals surface area contributed by atoms with Gasteiger partial charge in [0.1, 0.15) is 11.3 Å². The summed E-state index contributed by atoms with van der Waals surface area (Å²) in [7, 11) is 3.60. The molecule has 2 aromatic heterocycles. The molecule has 0 saturated carbocycles. The Labute approximate surface area is 150 Å². The highest BCUT2D eigenvalue weighted by molar-refractivity contribution is 5.93. The zero-order valence-electron chi connectivity index (χ0n) is 14.7. The van der Waals surface area contributed by atoms with E-state index in [0.717, 1.165) is 19.4 Å². The predicted octanol–water partition coefficient (Wildman–Crippen LogP) is 2.44. The van der Waals surface area contributed by atoms with Gasteiger partial charge in [-0.05, 0) is 25.0 Å². The Kier molecular flexibility index (Phi) is 4.10. The molecule has 1 aliphatic rings. The first-order valence-corrected chi connectivity index (χ1v) is 8.58. The van der Waals surface area contributed by atoms with Crippen LogP contribution < -0.4 is 4.90 Å². The van der Waals surface area contributed by atoms with Gasteiger partial charge >= 0.3 is 0 Å². The molecular weight excluding hydrogens is 337 g/mol. The molecule has 1 fully saturated rings. The van der Waals surface area contributed by atoms with Crippen LogP contribution in [0.25, 0.3) is 11.1 Å². The number of aromatic nitrogens is 3. The SMILES string of the molecule is CN(C(=O)c1cnn(C)c1)C1CCCN(c2nc3ccc(F)cc3o2)C1. The molecule has 1 amide bonds. The summed E-state index contributed by atoms with van der Waals surface area (Å²) in [5, 5.41) is 4.06. The van der Waals surface area contributed by atoms with Crippen molar-refractivity contribution in [2.45, 2.75) is 18.9 Å². The van der Waals surface area contributed by atoms with Crippen LogP contribution in [0.2, 0.25) is 0 Å². The molecule has 0 bridgehead atoms. The number of rotatable bonds is 3. The molecule has 3 heterocycles. The molecule has 1 aromatic carbocycles. The van der Waals surface area contributed by atoms with Crippen molar-refractivity contribution in [2.75, 3.05) is 25.0 Å². The van der Waals surface area contributed by atoms with Crippen molar-refractivity contribution >= 4 is 23.0 Å². The number of oxazole rings is 1. The van der Waals surface area contributed by atoms with Gasteiger partial charge in [-0.2, -0.15) is 10.1 Å². The molecule has 0 aliphatic carbocycles. The topological polar surface area (TPSA) is 67.4 Å². The standard InChI is InChI=1S/C18H20FN5O2/c1-22-10-12(9-20-22)17(25)23(2)14-4-3-7-24(11-14)18-21-15-6-5-13(19)8-16(15)26-18/h5-6,8-10,14H,3-4,7,11H2,1-2H3. The third-order valence-electron chi connectivity index (χ3n) is 4.83. The van der Waals surface area contributed by atoms with Crippen molar-refractivity contribution in [1.82, 2.24) is 19.7 Å². The van der Waals surface area contributed by atoms with Crippen molar-refractivity contribution in [3.8, 4) is 0 Å². The fourth-order valence-corrected chi connectivity index (χ4v) is 3.37. The van der Waals surface area contributed by atoms with Crippen LogP contribution in [0.15, 0.2) is 35.0 Å². The first-order chi connectivity index (χ1) is 12.5. The largest absolute Gasteiger partial charge is 0.423 e. The van der Waals surface area contributed by atoms with Gasteiger partial charge in [-0.3, -0.25) is 9.48 Å². The Morgan fingerprint density at radius 2 is 2.27 bits per heavy atom. The maximum absolute atomic E-state index is 13.4. The van der Waals surface area contributed by atoms with Crippen LogP contribution in [0.5, 0.6) is 0 Å². The number of halogens is 1. The molecule has 136 valence electrons. The van der Waals surface area contributed by atoms with E-state index in [4.69, 9.17) is 4.42 Å². The molecule has 26 heavy (non-hydrogen) atoms. The third-order valence-corrected chi connectivity index (χ3v) is 4.83. The number of amides is 1. The minimum absolute atomic E-state index is 0.0446. The number of aryl methyl sites for hydroxylation is 1. The molecule has 1 atom stereocenters. The highest BCUT2D eigenvalue weighted by atomic mass is 19.1. The van der Waals surface area contributed by atoms with Gasteiger partial charge in [0.2, 0.25) is 0 Å². The first-order valence-electron chi connectivity index (χ1n) is 8.58. The molecule has 0 N–H and O–H groups in total. The minimum Gasteiger partial charge on any atom is -0.423 e. The highest BCUT2D eigenvalue weighted by Gasteiger charge is 2.29. The van der Waals surface area contributed by atoms with Gasteiger partial charge in [0.15, 0.2) is 5.58 Å². The summed E-state index contributed by atoms with van der Waals surface area (Å²) in [6, 6.07) is 4.83. The number of benzene rings is 1. The lowest BCUT2D eigenvalue weighted by atomic mass is 10.0. The van der Waals surface area contributed by atoms with Gasteiger partial charge in [0, 0.05) is 45.5 Å². The smallest absolute Gasteiger partial charge is 0.298 e. The summed E-state index contributed by atoms with van der Waals surface area (Å²) < 4.78 is 20.7. The second-order valence-electron chi connectivity index (χ2n) is 6.67. The number of likely N-dealkylation sites (N-methyl/N-ethyl adjacent to an activating group) is 1. The lowest BCUT2D eigenvalue weighted by Crippen LogP contribution is -2.48. The monoisotopic (exact) mass is 357 g/mol. The minimum atomic E-state index is -0.349. The number of hydrogen-bond acceptors (Lipinski definition) is 5. The van der Waals surface area contributed by atoms with E-state index in [2.05, 4.69) is 10.1 Å². The van der Waals surface area contributed by atoms with Crippen LogP contribution in [0.4, 0.5) is 10.4 Å². The number of carbonyl (C=O) groups is 1. The lowest BCUT2D eigenvalue weighted by molar-refractivity contribution is 0.0716. The number of nitrogens with zero attached hydrogens (tertiary/aromatic N) is 5. The van der Waals surface area contributed by atoms with E-state index in [1.54, 1.807) is 35.1 Å². The lowest BCUT2D eigenvalue weighted by Gasteiger charge is -2.36. The molecule has 0 radical (unpaired) electrons. The van der Waals surface area contributed by atoms with E-state index in [-0.39, 0.29) is 17.8 Å². The number of piperidine rings is 1. The van der Waals surface area contributed by atoms with E-state index in [1.807, 2.05) is 11.9 Å². The third kappa shape index (κ3) is 3.02. The van der Waals surface area contributed by atoms with Crippen molar-refractivity contribution in [3.05, 3.63) is 42.0 Å². The summed E-state index contributed by atoms with van der Waals surface area (Å²) in [6.45, 7) is 1.42. The molecule has 8 heteroatoms. The van der Waals surface area contributed by atoms with Gasteiger partial charge in [-0.1, -0.05) is 0 Å². The summed E-state index contributed by atoms with van der Waals surface area (Å²) in [4.78, 5) is 20.9. The van der Waals surface area contributed by atoms with E-state index >= 15 is 0 Å². The Balaban J connectivity index is 1.52. The Hall–Kier alpha value is -2.90. The molecule has 7 nitrogen and oxygen atoms in total. The molecule has 1 unspecified atom stereocenters. The van der Waals surface area contributed by atoms with Crippen molar-refractivity contribution < 1.29 is 13.6 Å². The van der Waals surface area contributed by atoms with Crippen LogP contribution >= 0.6 is 0 Å². The van der Waals surface area contributed by atoms with Gasteiger partial charge in [-0.25, -0.2) is 4.39 Å². The average Bonchev–Trinajstić information content (AvgIpc) is 3.26. The fourth-order valence-electron chi connectivity index (χ4n) is 3.37. The van der Waals surface area contributed by atoms with Crippen molar-refractivity contribution in [1.29, 1.82) is 0 Å². The van der Waals surface area contributed by atoms with Gasteiger partial charge in [0.05, 0.1) is 11.8 Å². The quantitative estimate of drug-likeness (QED) is 0.720. The molecule has 3 aromatic rings. The average molecular weight is 357 g/mol. The predicted molar refractivity (Wildman–Crippen MR) is 94.5 cm³/mol. The summed E-state index contributed by atoms with van der Waals surface area (Å²) >= 11 is 0. The van der Waals surface area contributed by atoms with E-state index in [0.29, 0.717) is 29.2 Å². The molecule has 4 rings (SSSR count). The van der Waals surface area contributed by atoms with E-state index in [1.165, 1.54) is 12.1 Å². The summed E-state index contributed by atoms with van der Waals surface area (Å²) in [6.07, 6.45) is 5.12. The van der Waals surface area contributed by atoms with Crippen LogP contribution in [0, 0.1) is 5.82 Å². The Morgan fingerprint density at radius 3 is 3.04 bits per heavy atom. The Morgan fingerprint density at radius 1 is 1.42 bits per heavy atom. The zero-order valence-corrected chi connectivity index (χ0v) is 14.7. The molecule has 1 aliphatic heterocycles. The van der Waals surface area contributed by atoms with Crippen LogP contribution in [0.1, 0.15) is 23.2 Å². The molecule has 0 spiro atoms. The second-order valence-corrected chi connectivity index (χ2v) is 6.67. The normalized spacial score (nSPS) is 17.7. The van der Waals surface area contributed by atoms with Crippen molar-refractivity contribution in [3.63, 3.8) is 0 Å². The van der Waals surface area contributed by atoms with Gasteiger partial charge < -0.3 is 14.2 Å². The Bertz CT molecular complexity index is 950. The van der Waals surface area contributed by atoms with E-state index < -0.39 is 0 Å². The van der Waals surface area contributed by atoms with E-state index in [9.17, 15) is 9.18 Å². The molecule has 1 saturated heterocycles.